The number of nitrogens with zero attached hydrogens (tertiary/aromatic N) is 3. The highest BCUT2D eigenvalue weighted by Gasteiger charge is 2.51. The minimum Gasteiger partial charge on any atom is -0.424 e. The third-order valence-corrected chi connectivity index (χ3v) is 6.16. The van der Waals surface area contributed by atoms with Crippen LogP contribution in [0.2, 0.25) is 5.15 Å². The van der Waals surface area contributed by atoms with Gasteiger partial charge >= 0.3 is 12.1 Å². The smallest absolute Gasteiger partial charge is 0.424 e. The number of ether oxygens (including phenoxy) is 2. The molecule has 1 aromatic heterocycles. The van der Waals surface area contributed by atoms with Crippen molar-refractivity contribution in [1.29, 1.82) is 0 Å². The van der Waals surface area contributed by atoms with Crippen LogP contribution < -0.4 is 0 Å². The van der Waals surface area contributed by atoms with Crippen LogP contribution in [0.4, 0.5) is 13.2 Å². The second-order valence-corrected chi connectivity index (χ2v) is 9.26. The maximum Gasteiger partial charge on any atom is 0.436 e. The first kappa shape index (κ1) is 27.7. The molecule has 1 aromatic carbocycles. The van der Waals surface area contributed by atoms with E-state index in [0.29, 0.717) is 23.3 Å². The van der Waals surface area contributed by atoms with Crippen LogP contribution in [-0.2, 0) is 32.3 Å². The van der Waals surface area contributed by atoms with Crippen LogP contribution in [0.15, 0.2) is 17.9 Å². The molecular formula is C24H27ClF3N3O5. The lowest BCUT2D eigenvalue weighted by molar-refractivity contribution is -0.242. The van der Waals surface area contributed by atoms with E-state index in [0.717, 1.165) is 15.3 Å². The monoisotopic (exact) mass is 529 g/mol. The minimum atomic E-state index is -4.96. The summed E-state index contributed by atoms with van der Waals surface area (Å²) in [7, 11) is 1.17. The number of amides is 1. The van der Waals surface area contributed by atoms with Crippen molar-refractivity contribution in [2.45, 2.75) is 53.3 Å². The van der Waals surface area contributed by atoms with E-state index < -0.39 is 40.0 Å². The van der Waals surface area contributed by atoms with Gasteiger partial charge in [0.1, 0.15) is 22.0 Å². The molecule has 12 heteroatoms. The lowest BCUT2D eigenvalue weighted by Crippen LogP contribution is -2.44. The normalized spacial score (nSPS) is 15.8. The Morgan fingerprint density at radius 3 is 2.28 bits per heavy atom. The highest BCUT2D eigenvalue weighted by atomic mass is 35.5. The summed E-state index contributed by atoms with van der Waals surface area (Å²) in [6, 6.07) is 3.69. The number of benzene rings is 1. The van der Waals surface area contributed by atoms with Gasteiger partial charge in [-0.25, -0.2) is 14.7 Å². The Hall–Kier alpha value is -2.89. The maximum absolute atomic E-state index is 13.6. The first-order chi connectivity index (χ1) is 16.6. The summed E-state index contributed by atoms with van der Waals surface area (Å²) < 4.78 is 52.3. The summed E-state index contributed by atoms with van der Waals surface area (Å²) in [4.78, 5) is 32.3. The van der Waals surface area contributed by atoms with Crippen LogP contribution in [0.25, 0.3) is 5.57 Å². The van der Waals surface area contributed by atoms with Crippen molar-refractivity contribution in [3.8, 4) is 0 Å². The van der Waals surface area contributed by atoms with Gasteiger partial charge < -0.3 is 9.47 Å². The molecule has 0 atom stereocenters. The Morgan fingerprint density at radius 2 is 1.75 bits per heavy atom. The molecule has 0 radical (unpaired) electrons. The molecule has 0 spiro atoms. The van der Waals surface area contributed by atoms with Gasteiger partial charge in [-0.3, -0.25) is 9.48 Å². The number of alkyl halides is 3. The molecule has 0 saturated heterocycles. The molecule has 3 rings (SSSR count). The fraction of sp³-hybridized carbons (Fsp3) is 0.458. The lowest BCUT2D eigenvalue weighted by Gasteiger charge is -2.31. The number of hydrogen-bond donors (Lipinski definition) is 0. The molecule has 0 saturated carbocycles. The van der Waals surface area contributed by atoms with E-state index in [1.54, 1.807) is 34.6 Å². The van der Waals surface area contributed by atoms with Crippen LogP contribution in [-0.4, -0.2) is 45.7 Å². The molecule has 0 fully saturated rings. The van der Waals surface area contributed by atoms with Gasteiger partial charge in [-0.1, -0.05) is 29.3 Å². The topological polar surface area (TPSA) is 82.9 Å². The zero-order chi connectivity index (χ0) is 27.2. The van der Waals surface area contributed by atoms with Gasteiger partial charge in [-0.2, -0.15) is 18.3 Å². The molecule has 8 nitrogen and oxygen atoms in total. The Labute approximate surface area is 211 Å². The molecule has 1 aliphatic heterocycles. The minimum absolute atomic E-state index is 0.00609. The van der Waals surface area contributed by atoms with E-state index >= 15 is 0 Å². The molecule has 1 aliphatic rings. The van der Waals surface area contributed by atoms with Gasteiger partial charge in [0.2, 0.25) is 0 Å². The highest BCUT2D eigenvalue weighted by Crippen LogP contribution is 2.44. The number of rotatable bonds is 7. The predicted molar refractivity (Wildman–Crippen MR) is 125 cm³/mol. The molecule has 1 amide bonds. The summed E-state index contributed by atoms with van der Waals surface area (Å²) in [5.74, 6) is -2.22. The van der Waals surface area contributed by atoms with Crippen LogP contribution >= 0.6 is 11.6 Å². The molecule has 196 valence electrons. The molecule has 0 unspecified atom stereocenters. The number of aryl methyl sites for hydroxylation is 4. The Bertz CT molecular complexity index is 1230. The van der Waals surface area contributed by atoms with Crippen LogP contribution in [0.1, 0.15) is 59.1 Å². The SMILES string of the molecule is CCOCON1C(=O)C(c2c(C)cc(C)cc2C)=C(OC(=O)c2c(C(F)(F)F)nn(C)c2Cl)C1(C)C. The van der Waals surface area contributed by atoms with Crippen molar-refractivity contribution >= 4 is 29.1 Å². The van der Waals surface area contributed by atoms with E-state index in [1.165, 1.54) is 7.05 Å². The van der Waals surface area contributed by atoms with Gasteiger partial charge in [-0.15, -0.1) is 0 Å². The first-order valence-corrected chi connectivity index (χ1v) is 11.4. The fourth-order valence-electron chi connectivity index (χ4n) is 4.24. The van der Waals surface area contributed by atoms with Crippen LogP contribution in [0.5, 0.6) is 0 Å². The summed E-state index contributed by atoms with van der Waals surface area (Å²) in [6.07, 6.45) is -4.96. The maximum atomic E-state index is 13.6. The Balaban J connectivity index is 2.20. The van der Waals surface area contributed by atoms with Crippen molar-refractivity contribution in [3.63, 3.8) is 0 Å². The summed E-state index contributed by atoms with van der Waals surface area (Å²) in [5.41, 5.74) is -0.991. The summed E-state index contributed by atoms with van der Waals surface area (Å²) >= 11 is 6.00. The molecule has 2 heterocycles. The highest BCUT2D eigenvalue weighted by molar-refractivity contribution is 6.33. The van der Waals surface area contributed by atoms with E-state index in [9.17, 15) is 22.8 Å². The predicted octanol–water partition coefficient (Wildman–Crippen LogP) is 5.13. The first-order valence-electron chi connectivity index (χ1n) is 11.0. The number of hydroxylamine groups is 2. The Kier molecular flexibility index (Phi) is 7.59. The van der Waals surface area contributed by atoms with Gasteiger partial charge in [0.15, 0.2) is 12.5 Å². The van der Waals surface area contributed by atoms with E-state index in [1.807, 2.05) is 19.1 Å². The van der Waals surface area contributed by atoms with Gasteiger partial charge in [-0.05, 0) is 58.2 Å². The van der Waals surface area contributed by atoms with E-state index in [2.05, 4.69) is 5.10 Å². The van der Waals surface area contributed by atoms with Crippen molar-refractivity contribution < 1.29 is 37.1 Å². The summed E-state index contributed by atoms with van der Waals surface area (Å²) in [6.45, 7) is 10.3. The van der Waals surface area contributed by atoms with Crippen molar-refractivity contribution in [1.82, 2.24) is 14.8 Å². The molecule has 0 N–H and O–H groups in total. The Morgan fingerprint density at radius 1 is 1.17 bits per heavy atom. The van der Waals surface area contributed by atoms with Crippen molar-refractivity contribution in [3.05, 3.63) is 56.6 Å². The number of hydrogen-bond acceptors (Lipinski definition) is 6. The van der Waals surface area contributed by atoms with Gasteiger partial charge in [0.05, 0.1) is 5.57 Å². The molecule has 0 bridgehead atoms. The molecule has 2 aromatic rings. The standard InChI is InChI=1S/C24H27ClF3N3O5/c1-8-34-11-35-31-21(32)16(15-13(3)9-12(2)10-14(15)4)19(23(31,5)6)36-22(33)17-18(24(26,27)28)29-30(7)20(17)25/h9-10H,8,11H2,1-7H3. The zero-order valence-corrected chi connectivity index (χ0v) is 21.7. The number of aromatic nitrogens is 2. The lowest BCUT2D eigenvalue weighted by atomic mass is 9.91. The van der Waals surface area contributed by atoms with E-state index in [-0.39, 0.29) is 18.1 Å². The summed E-state index contributed by atoms with van der Waals surface area (Å²) in [5, 5.41) is 3.78. The zero-order valence-electron chi connectivity index (χ0n) is 21.0. The second-order valence-electron chi connectivity index (χ2n) is 8.90. The largest absolute Gasteiger partial charge is 0.436 e. The number of carbonyl (C=O) groups excluding carboxylic acids is 2. The van der Waals surface area contributed by atoms with Crippen molar-refractivity contribution in [2.24, 2.45) is 7.05 Å². The average Bonchev–Trinajstić information content (AvgIpc) is 3.14. The van der Waals surface area contributed by atoms with Crippen LogP contribution in [0, 0.1) is 20.8 Å². The number of halogens is 4. The molecule has 0 aliphatic carbocycles. The van der Waals surface area contributed by atoms with Crippen LogP contribution in [0.3, 0.4) is 0 Å². The number of esters is 1. The molecule has 36 heavy (non-hydrogen) atoms. The van der Waals surface area contributed by atoms with Crippen molar-refractivity contribution in [2.75, 3.05) is 13.4 Å². The van der Waals surface area contributed by atoms with E-state index in [4.69, 9.17) is 25.9 Å². The van der Waals surface area contributed by atoms with Gasteiger partial charge in [0.25, 0.3) is 5.91 Å². The third-order valence-electron chi connectivity index (χ3n) is 5.73. The second kappa shape index (κ2) is 9.87. The quantitative estimate of drug-likeness (QED) is 0.281. The molecular weight excluding hydrogens is 503 g/mol. The van der Waals surface area contributed by atoms with Gasteiger partial charge in [0, 0.05) is 13.7 Å². The third kappa shape index (κ3) is 4.87. The fourth-order valence-corrected chi connectivity index (χ4v) is 4.45. The number of carbonyl (C=O) groups is 2. The average molecular weight is 530 g/mol.